The van der Waals surface area contributed by atoms with Crippen molar-refractivity contribution in [3.63, 3.8) is 0 Å². The van der Waals surface area contributed by atoms with Crippen molar-refractivity contribution in [3.8, 4) is 0 Å². The molecule has 0 heterocycles. The molecule has 3 N–H and O–H groups in total. The van der Waals surface area contributed by atoms with Gasteiger partial charge >= 0.3 is 6.18 Å². The van der Waals surface area contributed by atoms with Gasteiger partial charge in [-0.3, -0.25) is 0 Å². The number of aliphatic hydroxyl groups is 1. The largest absolute Gasteiger partial charge is 0.415 e. The lowest BCUT2D eigenvalue weighted by atomic mass is 10.4. The average molecular weight is 166 g/mol. The van der Waals surface area contributed by atoms with Gasteiger partial charge in [0.1, 0.15) is 0 Å². The summed E-state index contributed by atoms with van der Waals surface area (Å²) in [5.74, 6) is 0. The molecule has 0 fully saturated rings. The number of rotatable bonds is 1. The number of halogens is 4. The number of alkyl halides is 3. The van der Waals surface area contributed by atoms with Crippen LogP contribution < -0.4 is 5.73 Å². The molecule has 0 aromatic rings. The Morgan fingerprint density at radius 1 is 1.44 bits per heavy atom. The lowest BCUT2D eigenvalue weighted by Gasteiger charge is -2.10. The fourth-order valence-corrected chi connectivity index (χ4v) is 0.134. The van der Waals surface area contributed by atoms with Crippen LogP contribution in [-0.2, 0) is 0 Å². The van der Waals surface area contributed by atoms with Gasteiger partial charge in [0.15, 0.2) is 6.10 Å². The Bertz CT molecular complexity index is 75.9. The highest BCUT2D eigenvalue weighted by Crippen LogP contribution is 2.18. The van der Waals surface area contributed by atoms with E-state index in [4.69, 9.17) is 5.11 Å². The van der Waals surface area contributed by atoms with Crippen molar-refractivity contribution in [2.75, 3.05) is 6.54 Å². The monoisotopic (exact) mass is 165 g/mol. The van der Waals surface area contributed by atoms with Crippen LogP contribution in [0.2, 0.25) is 0 Å². The van der Waals surface area contributed by atoms with Gasteiger partial charge in [-0.1, -0.05) is 0 Å². The van der Waals surface area contributed by atoms with E-state index in [1.165, 1.54) is 0 Å². The van der Waals surface area contributed by atoms with E-state index in [0.29, 0.717) is 0 Å². The number of aliphatic hydroxyl groups excluding tert-OH is 1. The van der Waals surface area contributed by atoms with Gasteiger partial charge in [0.2, 0.25) is 0 Å². The first-order chi connectivity index (χ1) is 3.48. The van der Waals surface area contributed by atoms with Crippen molar-refractivity contribution >= 4 is 12.4 Å². The van der Waals surface area contributed by atoms with Crippen LogP contribution in [0.3, 0.4) is 0 Å². The number of nitrogens with two attached hydrogens (primary N) is 1. The molecule has 0 aliphatic carbocycles. The normalized spacial score (nSPS) is 14.3. The Balaban J connectivity index is 0. The topological polar surface area (TPSA) is 46.2 Å². The van der Waals surface area contributed by atoms with Gasteiger partial charge in [-0.2, -0.15) is 13.2 Å². The predicted molar refractivity (Wildman–Crippen MR) is 28.4 cm³/mol. The molecule has 6 heteroatoms. The smallest absolute Gasteiger partial charge is 0.382 e. The molecular weight excluding hydrogens is 158 g/mol. The standard InChI is InChI=1S/C3H6F3NO.ClH/c4-3(5,6)2(8)1-7;/h2,8H,1,7H2;1H/t2-;/m0./s1. The molecule has 0 aliphatic heterocycles. The molecule has 1 atom stereocenters. The van der Waals surface area contributed by atoms with Crippen molar-refractivity contribution in [3.05, 3.63) is 0 Å². The Kier molecular flexibility index (Phi) is 5.12. The van der Waals surface area contributed by atoms with Crippen LogP contribution in [0.5, 0.6) is 0 Å². The third kappa shape index (κ3) is 4.50. The van der Waals surface area contributed by atoms with Gasteiger partial charge in [-0.25, -0.2) is 0 Å². The van der Waals surface area contributed by atoms with E-state index in [2.05, 4.69) is 5.73 Å². The van der Waals surface area contributed by atoms with Crippen LogP contribution in [-0.4, -0.2) is 23.9 Å². The molecule has 0 unspecified atom stereocenters. The van der Waals surface area contributed by atoms with Gasteiger partial charge < -0.3 is 10.8 Å². The van der Waals surface area contributed by atoms with E-state index in [1.807, 2.05) is 0 Å². The van der Waals surface area contributed by atoms with Crippen LogP contribution >= 0.6 is 12.4 Å². The molecule has 0 rings (SSSR count). The van der Waals surface area contributed by atoms with Gasteiger partial charge in [-0.05, 0) is 0 Å². The molecule has 2 nitrogen and oxygen atoms in total. The minimum Gasteiger partial charge on any atom is -0.382 e. The van der Waals surface area contributed by atoms with E-state index >= 15 is 0 Å². The fraction of sp³-hybridized carbons (Fsp3) is 1.00. The summed E-state index contributed by atoms with van der Waals surface area (Å²) in [6, 6.07) is 0. The summed E-state index contributed by atoms with van der Waals surface area (Å²) in [5, 5.41) is 7.94. The zero-order valence-corrected chi connectivity index (χ0v) is 5.17. The summed E-state index contributed by atoms with van der Waals surface area (Å²) in [6.45, 7) is -0.774. The minimum atomic E-state index is -4.56. The highest BCUT2D eigenvalue weighted by molar-refractivity contribution is 5.85. The minimum absolute atomic E-state index is 0. The second kappa shape index (κ2) is 3.92. The Labute approximate surface area is 56.3 Å². The van der Waals surface area contributed by atoms with E-state index < -0.39 is 18.8 Å². The van der Waals surface area contributed by atoms with Crippen LogP contribution in [0.4, 0.5) is 13.2 Å². The molecular formula is C3H7ClF3NO. The maximum Gasteiger partial charge on any atom is 0.415 e. The summed E-state index contributed by atoms with van der Waals surface area (Å²) < 4.78 is 33.4. The van der Waals surface area contributed by atoms with Crippen LogP contribution in [0.15, 0.2) is 0 Å². The van der Waals surface area contributed by atoms with Gasteiger partial charge in [0.05, 0.1) is 0 Å². The maximum atomic E-state index is 11.1. The Hall–Kier alpha value is -0.0000000000000000555. The summed E-state index contributed by atoms with van der Waals surface area (Å²) >= 11 is 0. The third-order valence-electron chi connectivity index (χ3n) is 0.601. The van der Waals surface area contributed by atoms with Crippen LogP contribution in [0.1, 0.15) is 0 Å². The SMILES string of the molecule is Cl.NC[C@H](O)C(F)(F)F. The lowest BCUT2D eigenvalue weighted by Crippen LogP contribution is -2.35. The van der Waals surface area contributed by atoms with Crippen molar-refractivity contribution in [2.24, 2.45) is 5.73 Å². The van der Waals surface area contributed by atoms with Crippen LogP contribution in [0, 0.1) is 0 Å². The first-order valence-electron chi connectivity index (χ1n) is 1.93. The molecule has 0 radical (unpaired) electrons. The number of hydrogen-bond acceptors (Lipinski definition) is 2. The first kappa shape index (κ1) is 11.8. The second-order valence-corrected chi connectivity index (χ2v) is 1.29. The highest BCUT2D eigenvalue weighted by Gasteiger charge is 2.36. The summed E-state index contributed by atoms with van der Waals surface area (Å²) in [5.41, 5.74) is 4.49. The highest BCUT2D eigenvalue weighted by atomic mass is 35.5. The third-order valence-corrected chi connectivity index (χ3v) is 0.601. The van der Waals surface area contributed by atoms with Crippen molar-refractivity contribution in [2.45, 2.75) is 12.3 Å². The van der Waals surface area contributed by atoms with Crippen molar-refractivity contribution in [1.82, 2.24) is 0 Å². The van der Waals surface area contributed by atoms with Crippen molar-refractivity contribution < 1.29 is 18.3 Å². The van der Waals surface area contributed by atoms with Gasteiger partial charge in [0, 0.05) is 6.54 Å². The predicted octanol–water partition coefficient (Wildman–Crippen LogP) is 0.290. The molecule has 0 amide bonds. The molecule has 0 saturated carbocycles. The second-order valence-electron chi connectivity index (χ2n) is 1.29. The van der Waals surface area contributed by atoms with Gasteiger partial charge in [-0.15, -0.1) is 12.4 Å². The summed E-state index contributed by atoms with van der Waals surface area (Å²) in [6.07, 6.45) is -6.93. The first-order valence-corrected chi connectivity index (χ1v) is 1.93. The quantitative estimate of drug-likeness (QED) is 0.587. The Morgan fingerprint density at radius 3 is 1.78 bits per heavy atom. The van der Waals surface area contributed by atoms with Gasteiger partial charge in [0.25, 0.3) is 0 Å². The zero-order chi connectivity index (χ0) is 6.78. The molecule has 0 saturated heterocycles. The summed E-state index contributed by atoms with van der Waals surface area (Å²) in [4.78, 5) is 0. The lowest BCUT2D eigenvalue weighted by molar-refractivity contribution is -0.200. The zero-order valence-electron chi connectivity index (χ0n) is 4.35. The molecule has 0 bridgehead atoms. The fourth-order valence-electron chi connectivity index (χ4n) is 0.134. The van der Waals surface area contributed by atoms with E-state index in [1.54, 1.807) is 0 Å². The van der Waals surface area contributed by atoms with E-state index in [-0.39, 0.29) is 12.4 Å². The average Bonchev–Trinajstić information content (AvgIpc) is 1.62. The van der Waals surface area contributed by atoms with Crippen LogP contribution in [0.25, 0.3) is 0 Å². The molecule has 58 valence electrons. The van der Waals surface area contributed by atoms with E-state index in [0.717, 1.165) is 0 Å². The molecule has 0 spiro atoms. The molecule has 9 heavy (non-hydrogen) atoms. The molecule has 0 aliphatic rings. The Morgan fingerprint density at radius 2 is 1.78 bits per heavy atom. The molecule has 0 aromatic heterocycles. The maximum absolute atomic E-state index is 11.1. The molecule has 0 aromatic carbocycles. The van der Waals surface area contributed by atoms with E-state index in [9.17, 15) is 13.2 Å². The number of hydrogen-bond donors (Lipinski definition) is 2. The summed E-state index contributed by atoms with van der Waals surface area (Å²) in [7, 11) is 0. The van der Waals surface area contributed by atoms with Crippen molar-refractivity contribution in [1.29, 1.82) is 0 Å².